The maximum Gasteiger partial charge on any atom is 0.319 e. The molecule has 0 unspecified atom stereocenters. The fraction of sp³-hybridized carbons (Fsp3) is 0.174. The first-order chi connectivity index (χ1) is 14.1. The molecule has 4 rings (SSSR count). The Morgan fingerprint density at radius 2 is 1.79 bits per heavy atom. The van der Waals surface area contributed by atoms with Crippen LogP contribution in [0.1, 0.15) is 28.9 Å². The van der Waals surface area contributed by atoms with Crippen molar-refractivity contribution in [1.29, 1.82) is 0 Å². The lowest BCUT2D eigenvalue weighted by Gasteiger charge is -2.44. The van der Waals surface area contributed by atoms with Crippen LogP contribution < -0.4 is 5.32 Å². The van der Waals surface area contributed by atoms with Gasteiger partial charge in [0.2, 0.25) is 0 Å². The zero-order valence-corrected chi connectivity index (χ0v) is 18.2. The average Bonchev–Trinajstić information content (AvgIpc) is 2.74. The van der Waals surface area contributed by atoms with Crippen molar-refractivity contribution in [3.05, 3.63) is 99.0 Å². The van der Waals surface area contributed by atoms with Crippen LogP contribution in [-0.4, -0.2) is 24.5 Å². The Kier molecular flexibility index (Phi) is 5.90. The fourth-order valence-electron chi connectivity index (χ4n) is 3.77. The third kappa shape index (κ3) is 4.17. The molecule has 2 atom stereocenters. The van der Waals surface area contributed by atoms with E-state index < -0.39 is 0 Å². The van der Waals surface area contributed by atoms with Crippen LogP contribution in [-0.2, 0) is 9.53 Å². The number of hydrogen-bond acceptors (Lipinski definition) is 4. The molecule has 3 aromatic rings. The summed E-state index contributed by atoms with van der Waals surface area (Å²) in [6.45, 7) is 0.141. The first-order valence-electron chi connectivity index (χ1n) is 9.26. The van der Waals surface area contributed by atoms with E-state index in [2.05, 4.69) is 50.4 Å². The summed E-state index contributed by atoms with van der Waals surface area (Å²) in [7, 11) is 1.42. The summed E-state index contributed by atoms with van der Waals surface area (Å²) < 4.78 is 6.00. The molecule has 0 bridgehead atoms. The molecule has 1 N–H and O–H groups in total. The predicted octanol–water partition coefficient (Wildman–Crippen LogP) is 5.79. The smallest absolute Gasteiger partial charge is 0.319 e. The minimum absolute atomic E-state index is 0.121. The molecular weight excluding hydrogens is 452 g/mol. The molecule has 1 heterocycles. The van der Waals surface area contributed by atoms with Gasteiger partial charge in [-0.05, 0) is 47.0 Å². The fourth-order valence-corrected chi connectivity index (χ4v) is 4.28. The van der Waals surface area contributed by atoms with Crippen LogP contribution in [0.5, 0.6) is 0 Å². The van der Waals surface area contributed by atoms with E-state index in [-0.39, 0.29) is 24.7 Å². The molecule has 0 spiro atoms. The number of halogens is 2. The Hall–Kier alpha value is -2.34. The molecule has 0 aliphatic carbocycles. The largest absolute Gasteiger partial charge is 0.468 e. The lowest BCUT2D eigenvalue weighted by atomic mass is 9.91. The SMILES string of the molecule is COC(=O)CN1[C@H](c2ccccc2)c2cc(Br)ccc2N[C@H]1c1ccc(Cl)cc1. The van der Waals surface area contributed by atoms with Gasteiger partial charge < -0.3 is 10.1 Å². The van der Waals surface area contributed by atoms with Gasteiger partial charge in [0, 0.05) is 15.2 Å². The van der Waals surface area contributed by atoms with Gasteiger partial charge in [-0.2, -0.15) is 0 Å². The number of benzene rings is 3. The lowest BCUT2D eigenvalue weighted by Crippen LogP contribution is -2.44. The molecule has 0 aromatic heterocycles. The second-order valence-electron chi connectivity index (χ2n) is 6.89. The van der Waals surface area contributed by atoms with Gasteiger partial charge in [0.1, 0.15) is 6.17 Å². The highest BCUT2D eigenvalue weighted by atomic mass is 79.9. The zero-order chi connectivity index (χ0) is 20.4. The van der Waals surface area contributed by atoms with Crippen LogP contribution in [0.4, 0.5) is 5.69 Å². The van der Waals surface area contributed by atoms with Crippen LogP contribution in [0.25, 0.3) is 0 Å². The van der Waals surface area contributed by atoms with Crippen LogP contribution in [0.2, 0.25) is 5.02 Å². The third-order valence-electron chi connectivity index (χ3n) is 5.10. The van der Waals surface area contributed by atoms with Crippen molar-refractivity contribution in [2.75, 3.05) is 19.0 Å². The standard InChI is InChI=1S/C23H20BrClN2O2/c1-29-21(28)14-27-22(15-5-3-2-4-6-15)19-13-17(24)9-12-20(19)26-23(27)16-7-10-18(25)11-8-16/h2-13,22-23,26H,14H2,1H3/t22-,23-/m1/s1. The van der Waals surface area contributed by atoms with E-state index in [1.54, 1.807) is 0 Å². The number of carbonyl (C=O) groups is 1. The number of nitrogens with zero attached hydrogens (tertiary/aromatic N) is 1. The van der Waals surface area contributed by atoms with E-state index in [0.717, 1.165) is 26.9 Å². The summed E-state index contributed by atoms with van der Waals surface area (Å²) in [5.41, 5.74) is 4.26. The highest BCUT2D eigenvalue weighted by Crippen LogP contribution is 2.44. The van der Waals surface area contributed by atoms with Gasteiger partial charge in [-0.15, -0.1) is 0 Å². The second-order valence-corrected chi connectivity index (χ2v) is 8.24. The maximum atomic E-state index is 12.3. The molecule has 0 fully saturated rings. The van der Waals surface area contributed by atoms with E-state index in [4.69, 9.17) is 16.3 Å². The van der Waals surface area contributed by atoms with E-state index in [1.807, 2.05) is 48.5 Å². The Balaban J connectivity index is 1.88. The van der Waals surface area contributed by atoms with Crippen LogP contribution >= 0.6 is 27.5 Å². The lowest BCUT2D eigenvalue weighted by molar-refractivity contribution is -0.143. The van der Waals surface area contributed by atoms with E-state index in [1.165, 1.54) is 7.11 Å². The molecular formula is C23H20BrClN2O2. The Morgan fingerprint density at radius 1 is 1.07 bits per heavy atom. The number of hydrogen-bond donors (Lipinski definition) is 1. The number of methoxy groups -OCH3 is 1. The van der Waals surface area contributed by atoms with Gasteiger partial charge in [-0.3, -0.25) is 9.69 Å². The molecule has 148 valence electrons. The Bertz CT molecular complexity index is 1010. The monoisotopic (exact) mass is 470 g/mol. The van der Waals surface area contributed by atoms with Crippen molar-refractivity contribution in [3.8, 4) is 0 Å². The number of anilines is 1. The summed E-state index contributed by atoms with van der Waals surface area (Å²) in [6.07, 6.45) is -0.217. The molecule has 29 heavy (non-hydrogen) atoms. The van der Waals surface area contributed by atoms with Crippen molar-refractivity contribution in [2.45, 2.75) is 12.2 Å². The minimum atomic E-state index is -0.287. The second kappa shape index (κ2) is 8.57. The number of rotatable bonds is 4. The molecule has 1 aliphatic rings. The van der Waals surface area contributed by atoms with Gasteiger partial charge in [0.25, 0.3) is 0 Å². The van der Waals surface area contributed by atoms with Crippen molar-refractivity contribution in [1.82, 2.24) is 4.90 Å². The normalized spacial score (nSPS) is 18.6. The summed E-state index contributed by atoms with van der Waals surface area (Å²) in [5, 5.41) is 4.27. The average molecular weight is 472 g/mol. The summed E-state index contributed by atoms with van der Waals surface area (Å²) in [6, 6.07) is 24.0. The van der Waals surface area contributed by atoms with E-state index >= 15 is 0 Å². The summed E-state index contributed by atoms with van der Waals surface area (Å²) in [4.78, 5) is 14.5. The van der Waals surface area contributed by atoms with Crippen LogP contribution in [0.15, 0.2) is 77.3 Å². The highest BCUT2D eigenvalue weighted by Gasteiger charge is 2.37. The Morgan fingerprint density at radius 3 is 2.48 bits per heavy atom. The van der Waals surface area contributed by atoms with Gasteiger partial charge in [0.05, 0.1) is 19.7 Å². The van der Waals surface area contributed by atoms with Crippen molar-refractivity contribution >= 4 is 39.2 Å². The van der Waals surface area contributed by atoms with Crippen molar-refractivity contribution in [2.24, 2.45) is 0 Å². The number of carbonyl (C=O) groups excluding carboxylic acids is 1. The van der Waals surface area contributed by atoms with Crippen molar-refractivity contribution < 1.29 is 9.53 Å². The topological polar surface area (TPSA) is 41.6 Å². The quantitative estimate of drug-likeness (QED) is 0.489. The van der Waals surface area contributed by atoms with Gasteiger partial charge >= 0.3 is 5.97 Å². The van der Waals surface area contributed by atoms with Gasteiger partial charge in [-0.1, -0.05) is 70.0 Å². The first kappa shape index (κ1) is 20.0. The third-order valence-corrected chi connectivity index (χ3v) is 5.85. The summed E-state index contributed by atoms with van der Waals surface area (Å²) >= 11 is 9.69. The number of nitrogens with one attached hydrogen (secondary N) is 1. The molecule has 1 aliphatic heterocycles. The van der Waals surface area contributed by atoms with Crippen LogP contribution in [0.3, 0.4) is 0 Å². The number of fused-ring (bicyclic) bond motifs is 1. The minimum Gasteiger partial charge on any atom is -0.468 e. The maximum absolute atomic E-state index is 12.3. The molecule has 4 nitrogen and oxygen atoms in total. The molecule has 0 saturated carbocycles. The number of ether oxygens (including phenoxy) is 1. The highest BCUT2D eigenvalue weighted by molar-refractivity contribution is 9.10. The molecule has 0 radical (unpaired) electrons. The predicted molar refractivity (Wildman–Crippen MR) is 119 cm³/mol. The van der Waals surface area contributed by atoms with Crippen molar-refractivity contribution in [3.63, 3.8) is 0 Å². The molecule has 3 aromatic carbocycles. The van der Waals surface area contributed by atoms with Gasteiger partial charge in [0.15, 0.2) is 0 Å². The van der Waals surface area contributed by atoms with E-state index in [0.29, 0.717) is 5.02 Å². The molecule has 0 saturated heterocycles. The van der Waals surface area contributed by atoms with Crippen LogP contribution in [0, 0.1) is 0 Å². The Labute approximate surface area is 183 Å². The summed E-state index contributed by atoms with van der Waals surface area (Å²) in [5.74, 6) is -0.287. The van der Waals surface area contributed by atoms with Gasteiger partial charge in [-0.25, -0.2) is 0 Å². The molecule has 0 amide bonds. The first-order valence-corrected chi connectivity index (χ1v) is 10.4. The van der Waals surface area contributed by atoms with E-state index in [9.17, 15) is 4.79 Å². The molecule has 6 heteroatoms. The number of esters is 1. The zero-order valence-electron chi connectivity index (χ0n) is 15.8.